The lowest BCUT2D eigenvalue weighted by atomic mass is 9.95. The predicted octanol–water partition coefficient (Wildman–Crippen LogP) is 0.825. The first kappa shape index (κ1) is 11.6. The SMILES string of the molecule is CC(C(=O)O)C(C)c1nnc2c3[nH]cnc3ncn12. The molecule has 0 fully saturated rings. The predicted molar refractivity (Wildman–Crippen MR) is 65.6 cm³/mol. The average molecular weight is 260 g/mol. The Morgan fingerprint density at radius 2 is 2.16 bits per heavy atom. The van der Waals surface area contributed by atoms with Crippen LogP contribution in [0.3, 0.4) is 0 Å². The molecule has 2 N–H and O–H groups in total. The van der Waals surface area contributed by atoms with E-state index in [0.29, 0.717) is 22.6 Å². The van der Waals surface area contributed by atoms with E-state index in [9.17, 15) is 4.79 Å². The molecule has 0 spiro atoms. The van der Waals surface area contributed by atoms with Crippen molar-refractivity contribution in [2.24, 2.45) is 5.92 Å². The molecule has 19 heavy (non-hydrogen) atoms. The highest BCUT2D eigenvalue weighted by Crippen LogP contribution is 2.24. The van der Waals surface area contributed by atoms with E-state index < -0.39 is 11.9 Å². The average Bonchev–Trinajstić information content (AvgIpc) is 3.01. The number of fused-ring (bicyclic) bond motifs is 3. The van der Waals surface area contributed by atoms with E-state index in [2.05, 4.69) is 25.1 Å². The summed E-state index contributed by atoms with van der Waals surface area (Å²) in [5.74, 6) is -1.10. The Hall–Kier alpha value is -2.51. The molecule has 3 rings (SSSR count). The van der Waals surface area contributed by atoms with Crippen LogP contribution in [0.1, 0.15) is 25.6 Å². The van der Waals surface area contributed by atoms with Gasteiger partial charge in [0.2, 0.25) is 0 Å². The van der Waals surface area contributed by atoms with Gasteiger partial charge in [0.25, 0.3) is 0 Å². The summed E-state index contributed by atoms with van der Waals surface area (Å²) in [6.45, 7) is 3.46. The number of aromatic amines is 1. The van der Waals surface area contributed by atoms with Gasteiger partial charge in [0.15, 0.2) is 11.3 Å². The Kier molecular flexibility index (Phi) is 2.44. The van der Waals surface area contributed by atoms with Crippen molar-refractivity contribution >= 4 is 22.8 Å². The normalized spacial score (nSPS) is 14.8. The van der Waals surface area contributed by atoms with Crippen molar-refractivity contribution in [1.29, 1.82) is 0 Å². The highest BCUT2D eigenvalue weighted by molar-refractivity contribution is 5.84. The molecule has 3 aromatic heterocycles. The van der Waals surface area contributed by atoms with Crippen LogP contribution in [0, 0.1) is 5.92 Å². The zero-order valence-corrected chi connectivity index (χ0v) is 10.4. The molecular formula is C11H12N6O2. The van der Waals surface area contributed by atoms with Crippen LogP contribution in [-0.4, -0.2) is 40.6 Å². The summed E-state index contributed by atoms with van der Waals surface area (Å²) < 4.78 is 1.70. The lowest BCUT2D eigenvalue weighted by Crippen LogP contribution is -2.18. The van der Waals surface area contributed by atoms with Crippen molar-refractivity contribution in [3.8, 4) is 0 Å². The molecule has 3 aromatic rings. The number of H-pyrrole nitrogens is 1. The Labute approximate surface area is 107 Å². The van der Waals surface area contributed by atoms with Gasteiger partial charge in [0.1, 0.15) is 17.7 Å². The number of imidazole rings is 1. The highest BCUT2D eigenvalue weighted by Gasteiger charge is 2.25. The number of aliphatic carboxylic acids is 1. The number of carboxylic acids is 1. The second-order valence-corrected chi connectivity index (χ2v) is 4.51. The van der Waals surface area contributed by atoms with Gasteiger partial charge < -0.3 is 10.1 Å². The number of aromatic nitrogens is 6. The minimum absolute atomic E-state index is 0.269. The first-order chi connectivity index (χ1) is 9.09. The molecule has 2 unspecified atom stereocenters. The van der Waals surface area contributed by atoms with E-state index in [0.717, 1.165) is 0 Å². The topological polar surface area (TPSA) is 109 Å². The van der Waals surface area contributed by atoms with E-state index in [4.69, 9.17) is 5.11 Å². The second-order valence-electron chi connectivity index (χ2n) is 4.51. The van der Waals surface area contributed by atoms with Crippen LogP contribution in [0.5, 0.6) is 0 Å². The fourth-order valence-electron chi connectivity index (χ4n) is 2.00. The molecule has 0 aliphatic rings. The highest BCUT2D eigenvalue weighted by atomic mass is 16.4. The number of carbonyl (C=O) groups is 1. The van der Waals surface area contributed by atoms with Crippen LogP contribution in [0.2, 0.25) is 0 Å². The first-order valence-electron chi connectivity index (χ1n) is 5.85. The van der Waals surface area contributed by atoms with Crippen LogP contribution in [0.4, 0.5) is 0 Å². The summed E-state index contributed by atoms with van der Waals surface area (Å²) in [6.07, 6.45) is 3.11. The molecule has 2 atom stereocenters. The number of hydrogen-bond acceptors (Lipinski definition) is 5. The van der Waals surface area contributed by atoms with Crippen LogP contribution in [-0.2, 0) is 4.79 Å². The van der Waals surface area contributed by atoms with Crippen molar-refractivity contribution in [2.45, 2.75) is 19.8 Å². The third kappa shape index (κ3) is 1.64. The summed E-state index contributed by atoms with van der Waals surface area (Å²) in [4.78, 5) is 22.2. The Morgan fingerprint density at radius 3 is 2.89 bits per heavy atom. The first-order valence-corrected chi connectivity index (χ1v) is 5.85. The number of carboxylic acid groups (broad SMARTS) is 1. The van der Waals surface area contributed by atoms with Crippen molar-refractivity contribution < 1.29 is 9.90 Å². The lowest BCUT2D eigenvalue weighted by molar-refractivity contribution is -0.141. The minimum atomic E-state index is -0.861. The molecule has 8 heteroatoms. The molecule has 0 aliphatic heterocycles. The molecule has 0 aromatic carbocycles. The van der Waals surface area contributed by atoms with Crippen LogP contribution in [0.25, 0.3) is 16.8 Å². The Morgan fingerprint density at radius 1 is 1.37 bits per heavy atom. The molecule has 0 radical (unpaired) electrons. The standard InChI is InChI=1S/C11H12N6O2/c1-5(6(2)11(18)19)9-15-16-10-7-8(13-3-12-7)14-4-17(9)10/h3-6H,1-2H3,(H,12,13)(H,18,19). The van der Waals surface area contributed by atoms with Crippen LogP contribution >= 0.6 is 0 Å². The lowest BCUT2D eigenvalue weighted by Gasteiger charge is -2.13. The summed E-state index contributed by atoms with van der Waals surface area (Å²) >= 11 is 0. The summed E-state index contributed by atoms with van der Waals surface area (Å²) in [5, 5.41) is 17.3. The zero-order valence-electron chi connectivity index (χ0n) is 10.4. The van der Waals surface area contributed by atoms with Gasteiger partial charge in [0.05, 0.1) is 12.2 Å². The fourth-order valence-corrected chi connectivity index (χ4v) is 2.00. The van der Waals surface area contributed by atoms with E-state index in [1.54, 1.807) is 17.7 Å². The smallest absolute Gasteiger partial charge is 0.306 e. The van der Waals surface area contributed by atoms with E-state index in [1.165, 1.54) is 6.33 Å². The maximum absolute atomic E-state index is 11.1. The molecule has 98 valence electrons. The molecule has 0 aliphatic carbocycles. The van der Waals surface area contributed by atoms with E-state index in [1.807, 2.05) is 6.92 Å². The fraction of sp³-hybridized carbons (Fsp3) is 0.364. The van der Waals surface area contributed by atoms with Gasteiger partial charge in [-0.05, 0) is 0 Å². The maximum atomic E-state index is 11.1. The van der Waals surface area contributed by atoms with Crippen molar-refractivity contribution in [2.75, 3.05) is 0 Å². The monoisotopic (exact) mass is 260 g/mol. The Balaban J connectivity index is 2.17. The number of hydrogen-bond donors (Lipinski definition) is 2. The Bertz CT molecular complexity index is 761. The van der Waals surface area contributed by atoms with Gasteiger partial charge in [-0.25, -0.2) is 9.97 Å². The maximum Gasteiger partial charge on any atom is 0.306 e. The zero-order chi connectivity index (χ0) is 13.6. The van der Waals surface area contributed by atoms with E-state index >= 15 is 0 Å². The number of nitrogens with zero attached hydrogens (tertiary/aromatic N) is 5. The van der Waals surface area contributed by atoms with Gasteiger partial charge in [-0.1, -0.05) is 13.8 Å². The van der Waals surface area contributed by atoms with Crippen molar-refractivity contribution in [3.05, 3.63) is 18.5 Å². The summed E-state index contributed by atoms with van der Waals surface area (Å²) in [5.41, 5.74) is 1.85. The third-order valence-electron chi connectivity index (χ3n) is 3.41. The molecular weight excluding hydrogens is 248 g/mol. The van der Waals surface area contributed by atoms with Gasteiger partial charge in [-0.2, -0.15) is 0 Å². The summed E-state index contributed by atoms with van der Waals surface area (Å²) in [6, 6.07) is 0. The van der Waals surface area contributed by atoms with Gasteiger partial charge >= 0.3 is 5.97 Å². The molecule has 8 nitrogen and oxygen atoms in total. The van der Waals surface area contributed by atoms with Crippen LogP contribution in [0.15, 0.2) is 12.7 Å². The van der Waals surface area contributed by atoms with Crippen molar-refractivity contribution in [3.63, 3.8) is 0 Å². The molecule has 0 bridgehead atoms. The molecule has 3 heterocycles. The summed E-state index contributed by atoms with van der Waals surface area (Å²) in [7, 11) is 0. The van der Waals surface area contributed by atoms with Gasteiger partial charge in [0, 0.05) is 5.92 Å². The second kappa shape index (κ2) is 4.01. The molecule has 0 saturated heterocycles. The molecule has 0 saturated carbocycles. The number of rotatable bonds is 3. The third-order valence-corrected chi connectivity index (χ3v) is 3.41. The van der Waals surface area contributed by atoms with Gasteiger partial charge in [-0.3, -0.25) is 9.20 Å². The van der Waals surface area contributed by atoms with Crippen LogP contribution < -0.4 is 0 Å². The van der Waals surface area contributed by atoms with Crippen molar-refractivity contribution in [1.82, 2.24) is 29.5 Å². The molecule has 0 amide bonds. The largest absolute Gasteiger partial charge is 0.481 e. The van der Waals surface area contributed by atoms with Gasteiger partial charge in [-0.15, -0.1) is 10.2 Å². The van der Waals surface area contributed by atoms with E-state index in [-0.39, 0.29) is 5.92 Å². The number of nitrogens with one attached hydrogen (secondary N) is 1. The minimum Gasteiger partial charge on any atom is -0.481 e. The quantitative estimate of drug-likeness (QED) is 0.721.